The van der Waals surface area contributed by atoms with Crippen LogP contribution in [0.1, 0.15) is 18.4 Å². The number of halogens is 3. The molecular weight excluding hydrogens is 265 g/mol. The van der Waals surface area contributed by atoms with Gasteiger partial charge in [-0.25, -0.2) is 0 Å². The SMILES string of the molecule is CC(CN1CCNCC(C(F)(F)F)C1)c1ccccc1. The van der Waals surface area contributed by atoms with Gasteiger partial charge in [-0.2, -0.15) is 13.2 Å². The first kappa shape index (κ1) is 15.3. The van der Waals surface area contributed by atoms with Crippen LogP contribution in [-0.2, 0) is 0 Å². The van der Waals surface area contributed by atoms with Gasteiger partial charge in [0.15, 0.2) is 0 Å². The van der Waals surface area contributed by atoms with Crippen LogP contribution in [0.15, 0.2) is 30.3 Å². The van der Waals surface area contributed by atoms with Gasteiger partial charge in [0, 0.05) is 32.7 Å². The summed E-state index contributed by atoms with van der Waals surface area (Å²) >= 11 is 0. The summed E-state index contributed by atoms with van der Waals surface area (Å²) in [6, 6.07) is 9.94. The highest BCUT2D eigenvalue weighted by Crippen LogP contribution is 2.28. The molecule has 5 heteroatoms. The summed E-state index contributed by atoms with van der Waals surface area (Å²) in [5, 5.41) is 2.89. The fourth-order valence-electron chi connectivity index (χ4n) is 2.64. The first-order chi connectivity index (χ1) is 9.47. The Morgan fingerprint density at radius 1 is 1.30 bits per heavy atom. The lowest BCUT2D eigenvalue weighted by Crippen LogP contribution is -2.39. The Hall–Kier alpha value is -1.07. The Morgan fingerprint density at radius 2 is 2.00 bits per heavy atom. The van der Waals surface area contributed by atoms with Gasteiger partial charge in [0.25, 0.3) is 0 Å². The van der Waals surface area contributed by atoms with Gasteiger partial charge in [-0.15, -0.1) is 0 Å². The van der Waals surface area contributed by atoms with Crippen molar-refractivity contribution in [3.05, 3.63) is 35.9 Å². The highest BCUT2D eigenvalue weighted by molar-refractivity contribution is 5.19. The molecule has 1 aliphatic heterocycles. The molecular formula is C15H21F3N2. The molecule has 20 heavy (non-hydrogen) atoms. The second-order valence-corrected chi connectivity index (χ2v) is 5.51. The number of benzene rings is 1. The van der Waals surface area contributed by atoms with Gasteiger partial charge in [-0.3, -0.25) is 0 Å². The first-order valence-electron chi connectivity index (χ1n) is 7.01. The monoisotopic (exact) mass is 286 g/mol. The highest BCUT2D eigenvalue weighted by Gasteiger charge is 2.41. The maximum absolute atomic E-state index is 12.9. The fourth-order valence-corrected chi connectivity index (χ4v) is 2.64. The number of alkyl halides is 3. The van der Waals surface area contributed by atoms with Crippen molar-refractivity contribution in [2.45, 2.75) is 19.0 Å². The van der Waals surface area contributed by atoms with Crippen molar-refractivity contribution < 1.29 is 13.2 Å². The molecule has 1 heterocycles. The van der Waals surface area contributed by atoms with E-state index >= 15 is 0 Å². The van der Waals surface area contributed by atoms with E-state index in [-0.39, 0.29) is 19.0 Å². The van der Waals surface area contributed by atoms with Gasteiger partial charge in [-0.1, -0.05) is 37.3 Å². The summed E-state index contributed by atoms with van der Waals surface area (Å²) in [5.74, 6) is -1.03. The summed E-state index contributed by atoms with van der Waals surface area (Å²) < 4.78 is 38.7. The number of nitrogens with one attached hydrogen (secondary N) is 1. The number of rotatable bonds is 3. The van der Waals surface area contributed by atoms with Crippen LogP contribution in [0.5, 0.6) is 0 Å². The van der Waals surface area contributed by atoms with Gasteiger partial charge in [0.2, 0.25) is 0 Å². The predicted molar refractivity (Wildman–Crippen MR) is 73.7 cm³/mol. The Labute approximate surface area is 118 Å². The maximum atomic E-state index is 12.9. The molecule has 2 unspecified atom stereocenters. The minimum atomic E-state index is -4.12. The van der Waals surface area contributed by atoms with E-state index in [1.807, 2.05) is 35.2 Å². The molecule has 1 saturated heterocycles. The highest BCUT2D eigenvalue weighted by atomic mass is 19.4. The molecule has 2 nitrogen and oxygen atoms in total. The summed E-state index contributed by atoms with van der Waals surface area (Å²) in [4.78, 5) is 1.93. The number of nitrogens with zero attached hydrogens (tertiary/aromatic N) is 1. The predicted octanol–water partition coefficient (Wildman–Crippen LogP) is 2.87. The van der Waals surface area contributed by atoms with Crippen LogP contribution < -0.4 is 5.32 Å². The van der Waals surface area contributed by atoms with E-state index in [1.54, 1.807) is 0 Å². The second-order valence-electron chi connectivity index (χ2n) is 5.51. The van der Waals surface area contributed by atoms with E-state index in [4.69, 9.17) is 0 Å². The lowest BCUT2D eigenvalue weighted by atomic mass is 10.00. The van der Waals surface area contributed by atoms with Crippen LogP contribution in [0.2, 0.25) is 0 Å². The molecule has 1 aliphatic rings. The molecule has 0 amide bonds. The normalized spacial score (nSPS) is 23.3. The molecule has 112 valence electrons. The number of hydrogen-bond acceptors (Lipinski definition) is 2. The number of hydrogen-bond donors (Lipinski definition) is 1. The van der Waals surface area contributed by atoms with Crippen LogP contribution in [-0.4, -0.2) is 43.8 Å². The van der Waals surface area contributed by atoms with E-state index in [2.05, 4.69) is 12.2 Å². The van der Waals surface area contributed by atoms with Crippen molar-refractivity contribution in [2.75, 3.05) is 32.7 Å². The van der Waals surface area contributed by atoms with Gasteiger partial charge >= 0.3 is 6.18 Å². The third kappa shape index (κ3) is 4.21. The average molecular weight is 286 g/mol. The van der Waals surface area contributed by atoms with Crippen molar-refractivity contribution in [1.29, 1.82) is 0 Å². The van der Waals surface area contributed by atoms with E-state index in [0.717, 1.165) is 0 Å². The summed E-state index contributed by atoms with van der Waals surface area (Å²) in [6.07, 6.45) is -4.12. The molecule has 0 bridgehead atoms. The fraction of sp³-hybridized carbons (Fsp3) is 0.600. The molecule has 1 aromatic rings. The molecule has 1 N–H and O–H groups in total. The van der Waals surface area contributed by atoms with Crippen LogP contribution in [0.4, 0.5) is 13.2 Å². The van der Waals surface area contributed by atoms with Crippen LogP contribution >= 0.6 is 0 Å². The lowest BCUT2D eigenvalue weighted by molar-refractivity contribution is -0.175. The zero-order chi connectivity index (χ0) is 14.6. The van der Waals surface area contributed by atoms with E-state index < -0.39 is 12.1 Å². The molecule has 2 atom stereocenters. The van der Waals surface area contributed by atoms with Gasteiger partial charge in [0.1, 0.15) is 0 Å². The van der Waals surface area contributed by atoms with Crippen LogP contribution in [0, 0.1) is 5.92 Å². The van der Waals surface area contributed by atoms with E-state index in [0.29, 0.717) is 19.6 Å². The standard InChI is InChI=1S/C15H21F3N2/c1-12(13-5-3-2-4-6-13)10-20-8-7-19-9-14(11-20)15(16,17)18/h2-6,12,14,19H,7-11H2,1H3. The average Bonchev–Trinajstić information content (AvgIpc) is 2.65. The lowest BCUT2D eigenvalue weighted by Gasteiger charge is -2.27. The van der Waals surface area contributed by atoms with Crippen molar-refractivity contribution >= 4 is 0 Å². The molecule has 0 aliphatic carbocycles. The minimum absolute atomic E-state index is 0.0275. The van der Waals surface area contributed by atoms with Crippen molar-refractivity contribution in [3.63, 3.8) is 0 Å². The Kier molecular flexibility index (Phi) is 5.05. The Morgan fingerprint density at radius 3 is 2.65 bits per heavy atom. The first-order valence-corrected chi connectivity index (χ1v) is 7.01. The maximum Gasteiger partial charge on any atom is 0.394 e. The second kappa shape index (κ2) is 6.59. The molecule has 1 aromatic carbocycles. The van der Waals surface area contributed by atoms with Crippen molar-refractivity contribution in [1.82, 2.24) is 10.2 Å². The molecule has 1 fully saturated rings. The minimum Gasteiger partial charge on any atom is -0.315 e. The van der Waals surface area contributed by atoms with Crippen LogP contribution in [0.25, 0.3) is 0 Å². The molecule has 0 radical (unpaired) electrons. The molecule has 0 spiro atoms. The third-order valence-electron chi connectivity index (χ3n) is 3.84. The Balaban J connectivity index is 1.97. The topological polar surface area (TPSA) is 15.3 Å². The Bertz CT molecular complexity index is 405. The van der Waals surface area contributed by atoms with Crippen LogP contribution in [0.3, 0.4) is 0 Å². The van der Waals surface area contributed by atoms with Gasteiger partial charge < -0.3 is 10.2 Å². The summed E-state index contributed by atoms with van der Waals surface area (Å²) in [6.45, 7) is 4.14. The summed E-state index contributed by atoms with van der Waals surface area (Å²) in [5.41, 5.74) is 1.17. The molecule has 0 aromatic heterocycles. The molecule has 0 saturated carbocycles. The van der Waals surface area contributed by atoms with Crippen molar-refractivity contribution in [3.8, 4) is 0 Å². The van der Waals surface area contributed by atoms with E-state index in [1.165, 1.54) is 5.56 Å². The quantitative estimate of drug-likeness (QED) is 0.919. The van der Waals surface area contributed by atoms with E-state index in [9.17, 15) is 13.2 Å². The third-order valence-corrected chi connectivity index (χ3v) is 3.84. The largest absolute Gasteiger partial charge is 0.394 e. The smallest absolute Gasteiger partial charge is 0.315 e. The van der Waals surface area contributed by atoms with Crippen molar-refractivity contribution in [2.24, 2.45) is 5.92 Å². The molecule has 2 rings (SSSR count). The van der Waals surface area contributed by atoms with Gasteiger partial charge in [-0.05, 0) is 11.5 Å². The zero-order valence-corrected chi connectivity index (χ0v) is 11.7. The zero-order valence-electron chi connectivity index (χ0n) is 11.7. The van der Waals surface area contributed by atoms with Gasteiger partial charge in [0.05, 0.1) is 5.92 Å². The summed E-state index contributed by atoms with van der Waals surface area (Å²) in [7, 11) is 0.